The summed E-state index contributed by atoms with van der Waals surface area (Å²) in [4.78, 5) is 11.5. The molecule has 1 rings (SSSR count). The van der Waals surface area contributed by atoms with Gasteiger partial charge in [0.05, 0.1) is 6.61 Å². The van der Waals surface area contributed by atoms with E-state index in [4.69, 9.17) is 4.74 Å². The summed E-state index contributed by atoms with van der Waals surface area (Å²) >= 11 is 7.52. The normalized spacial score (nSPS) is 7.92. The van der Waals surface area contributed by atoms with Gasteiger partial charge in [-0.3, -0.25) is 0 Å². The van der Waals surface area contributed by atoms with Gasteiger partial charge in [0.25, 0.3) is 0 Å². The van der Waals surface area contributed by atoms with Gasteiger partial charge in [-0.05, 0) is 19.1 Å². The molecule has 1 aromatic rings. The monoisotopic (exact) mass is 377 g/mol. The predicted molar refractivity (Wildman–Crippen MR) is 57.0 cm³/mol. The fourth-order valence-electron chi connectivity index (χ4n) is 0.553. The zero-order valence-corrected chi connectivity index (χ0v) is 14.0. The van der Waals surface area contributed by atoms with Gasteiger partial charge in [0.2, 0.25) is 0 Å². The molecule has 13 heavy (non-hydrogen) atoms. The SMILES string of the molecule is CCOC(=O)c1cc[c]s1.[Br][Zn][Br]. The van der Waals surface area contributed by atoms with Crippen molar-refractivity contribution in [1.82, 2.24) is 0 Å². The van der Waals surface area contributed by atoms with Crippen LogP contribution in [-0.2, 0) is 17.9 Å². The number of esters is 1. The van der Waals surface area contributed by atoms with Crippen LogP contribution < -0.4 is 0 Å². The van der Waals surface area contributed by atoms with Gasteiger partial charge in [-0.15, -0.1) is 11.3 Å². The van der Waals surface area contributed by atoms with Crippen molar-refractivity contribution in [3.63, 3.8) is 0 Å². The minimum absolute atomic E-state index is 0.250. The van der Waals surface area contributed by atoms with Crippen molar-refractivity contribution in [2.24, 2.45) is 0 Å². The van der Waals surface area contributed by atoms with Crippen LogP contribution in [-0.4, -0.2) is 12.6 Å². The molecule has 0 aromatic carbocycles. The van der Waals surface area contributed by atoms with E-state index in [9.17, 15) is 4.79 Å². The molecule has 0 atom stereocenters. The second-order valence-corrected chi connectivity index (χ2v) is 16.7. The Morgan fingerprint density at radius 3 is 2.77 bits per heavy atom. The predicted octanol–water partition coefficient (Wildman–Crippen LogP) is 3.41. The second kappa shape index (κ2) is 9.31. The summed E-state index contributed by atoms with van der Waals surface area (Å²) < 4.78 is 4.74. The van der Waals surface area contributed by atoms with E-state index in [1.54, 1.807) is 19.1 Å². The number of thiophene rings is 1. The Balaban J connectivity index is 0.000000424. The molecule has 1 aromatic heterocycles. The molecule has 0 bridgehead atoms. The van der Waals surface area contributed by atoms with Crippen molar-refractivity contribution in [2.45, 2.75) is 6.92 Å². The molecule has 6 heteroatoms. The van der Waals surface area contributed by atoms with Gasteiger partial charge in [0, 0.05) is 5.38 Å². The van der Waals surface area contributed by atoms with Gasteiger partial charge < -0.3 is 4.74 Å². The average molecular weight is 380 g/mol. The first-order valence-corrected chi connectivity index (χ1v) is 18.2. The van der Waals surface area contributed by atoms with E-state index in [1.165, 1.54) is 11.3 Å². The molecule has 0 N–H and O–H groups in total. The molecule has 0 fully saturated rings. The number of carbonyl (C=O) groups excluding carboxylic acids is 1. The number of hydrogen-bond acceptors (Lipinski definition) is 3. The Kier molecular flexibility index (Phi) is 9.85. The topological polar surface area (TPSA) is 26.3 Å². The van der Waals surface area contributed by atoms with Gasteiger partial charge >= 0.3 is 46.4 Å². The van der Waals surface area contributed by atoms with E-state index in [0.717, 1.165) is 0 Å². The van der Waals surface area contributed by atoms with Crippen molar-refractivity contribution < 1.29 is 22.7 Å². The summed E-state index contributed by atoms with van der Waals surface area (Å²) in [7, 11) is 0. The van der Waals surface area contributed by atoms with Crippen LogP contribution in [0.3, 0.4) is 0 Å². The van der Waals surface area contributed by atoms with E-state index in [2.05, 4.69) is 32.6 Å². The number of rotatable bonds is 2. The molecule has 0 aliphatic carbocycles. The third-order valence-corrected chi connectivity index (χ3v) is 1.72. The number of ether oxygens (including phenoxy) is 1. The van der Waals surface area contributed by atoms with E-state index in [1.807, 2.05) is 0 Å². The molecular formula is C7H7Br2O2SZn. The Bertz CT molecular complexity index is 228. The van der Waals surface area contributed by atoms with Crippen LogP contribution in [0.1, 0.15) is 16.6 Å². The van der Waals surface area contributed by atoms with Gasteiger partial charge in [-0.25, -0.2) is 4.79 Å². The maximum absolute atomic E-state index is 10.9. The second-order valence-electron chi connectivity index (χ2n) is 1.74. The van der Waals surface area contributed by atoms with Gasteiger partial charge in [0.15, 0.2) is 0 Å². The molecule has 1 heterocycles. The fraction of sp³-hybridized carbons (Fsp3) is 0.286. The molecular weight excluding hydrogens is 373 g/mol. The molecule has 0 amide bonds. The molecule has 0 saturated carbocycles. The number of halogens is 2. The molecule has 0 aliphatic rings. The third kappa shape index (κ3) is 6.78. The van der Waals surface area contributed by atoms with Crippen LogP contribution in [0.25, 0.3) is 0 Å². The fourth-order valence-corrected chi connectivity index (χ4v) is 1.09. The van der Waals surface area contributed by atoms with Crippen molar-refractivity contribution in [2.75, 3.05) is 6.61 Å². The first kappa shape index (κ1) is 13.8. The van der Waals surface area contributed by atoms with Crippen LogP contribution in [0.4, 0.5) is 0 Å². The van der Waals surface area contributed by atoms with E-state index >= 15 is 0 Å². The van der Waals surface area contributed by atoms with Gasteiger partial charge in [-0.1, -0.05) is 0 Å². The Morgan fingerprint density at radius 1 is 1.77 bits per heavy atom. The summed E-state index contributed by atoms with van der Waals surface area (Å²) in [5.41, 5.74) is 0. The maximum atomic E-state index is 10.9. The molecule has 69 valence electrons. The van der Waals surface area contributed by atoms with E-state index < -0.39 is 0 Å². The summed E-state index contributed by atoms with van der Waals surface area (Å²) in [6.07, 6.45) is 0. The summed E-state index contributed by atoms with van der Waals surface area (Å²) in [5.74, 6) is -0.256. The molecule has 0 unspecified atom stereocenters. The van der Waals surface area contributed by atoms with E-state index in [0.29, 0.717) is 11.5 Å². The Morgan fingerprint density at radius 2 is 2.38 bits per heavy atom. The molecule has 1 radical (unpaired) electrons. The van der Waals surface area contributed by atoms with Crippen molar-refractivity contribution in [3.8, 4) is 0 Å². The van der Waals surface area contributed by atoms with Crippen molar-refractivity contribution >= 4 is 44.6 Å². The first-order chi connectivity index (χ1) is 6.26. The van der Waals surface area contributed by atoms with Crippen LogP contribution >= 0.6 is 38.6 Å². The zero-order chi connectivity index (χ0) is 10.1. The quantitative estimate of drug-likeness (QED) is 0.581. The number of hydrogen-bond donors (Lipinski definition) is 0. The minimum atomic E-state index is -0.256. The molecule has 2 nitrogen and oxygen atoms in total. The van der Waals surface area contributed by atoms with Gasteiger partial charge in [-0.2, -0.15) is 0 Å². The van der Waals surface area contributed by atoms with Crippen LogP contribution in [0.5, 0.6) is 0 Å². The van der Waals surface area contributed by atoms with Crippen molar-refractivity contribution in [3.05, 3.63) is 22.4 Å². The summed E-state index contributed by atoms with van der Waals surface area (Å²) in [6, 6.07) is 3.40. The molecule has 0 aliphatic heterocycles. The van der Waals surface area contributed by atoms with Crippen LogP contribution in [0.2, 0.25) is 0 Å². The van der Waals surface area contributed by atoms with Crippen LogP contribution in [0, 0.1) is 5.38 Å². The summed E-state index contributed by atoms with van der Waals surface area (Å²) in [6.45, 7) is 2.21. The first-order valence-electron chi connectivity index (χ1n) is 3.51. The third-order valence-electron chi connectivity index (χ3n) is 0.948. The van der Waals surface area contributed by atoms with Crippen molar-refractivity contribution in [1.29, 1.82) is 0 Å². The summed E-state index contributed by atoms with van der Waals surface area (Å²) in [5, 5.41) is 2.81. The van der Waals surface area contributed by atoms with Crippen LogP contribution in [0.15, 0.2) is 12.1 Å². The Labute approximate surface area is 102 Å². The Hall–Kier alpha value is 0.753. The number of carbonyl (C=O) groups is 1. The average Bonchev–Trinajstić information content (AvgIpc) is 2.58. The zero-order valence-electron chi connectivity index (χ0n) is 7.05. The van der Waals surface area contributed by atoms with E-state index in [-0.39, 0.29) is 19.2 Å². The molecule has 0 saturated heterocycles. The standard InChI is InChI=1S/C7H7O2S.2BrH.Zn/c1-2-9-7(8)6-4-3-5-10-6;;;/h3-4H,2H2,1H3;2*1H;/q;;;+2/p-2. The van der Waals surface area contributed by atoms with Gasteiger partial charge in [0.1, 0.15) is 4.88 Å². The molecule has 0 spiro atoms.